The molecular formula is C14H21N3O2. The van der Waals surface area contributed by atoms with Crippen LogP contribution in [0.25, 0.3) is 0 Å². The van der Waals surface area contributed by atoms with Crippen LogP contribution in [0.1, 0.15) is 12.0 Å². The molecule has 4 N–H and O–H groups in total. The van der Waals surface area contributed by atoms with Crippen molar-refractivity contribution < 1.29 is 9.90 Å². The summed E-state index contributed by atoms with van der Waals surface area (Å²) < 4.78 is 0. The highest BCUT2D eigenvalue weighted by Gasteiger charge is 2.23. The number of rotatable bonds is 4. The molecule has 1 aliphatic heterocycles. The number of nitrogens with one attached hydrogen (secondary N) is 1. The molecule has 1 aliphatic rings. The number of anilines is 2. The third-order valence-electron chi connectivity index (χ3n) is 3.56. The normalized spacial score (nSPS) is 19.6. The maximum Gasteiger partial charge on any atom is 0.238 e. The van der Waals surface area contributed by atoms with Crippen molar-refractivity contribution in [3.8, 4) is 0 Å². The molecule has 1 amide bonds. The van der Waals surface area contributed by atoms with Gasteiger partial charge in [-0.05, 0) is 37.4 Å². The number of nitrogens with two attached hydrogens (primary N) is 1. The third kappa shape index (κ3) is 3.45. The van der Waals surface area contributed by atoms with E-state index in [1.54, 1.807) is 6.07 Å². The topological polar surface area (TPSA) is 78.6 Å². The Morgan fingerprint density at radius 3 is 3.00 bits per heavy atom. The number of aliphatic hydroxyl groups is 1. The molecule has 0 bridgehead atoms. The fourth-order valence-corrected chi connectivity index (χ4v) is 2.45. The smallest absolute Gasteiger partial charge is 0.238 e. The molecule has 0 aliphatic carbocycles. The van der Waals surface area contributed by atoms with Gasteiger partial charge in [0.05, 0.1) is 17.9 Å². The van der Waals surface area contributed by atoms with Gasteiger partial charge in [-0.2, -0.15) is 0 Å². The van der Waals surface area contributed by atoms with Crippen molar-refractivity contribution >= 4 is 17.3 Å². The minimum absolute atomic E-state index is 0.0559. The maximum absolute atomic E-state index is 12.0. The van der Waals surface area contributed by atoms with Crippen molar-refractivity contribution in [1.29, 1.82) is 0 Å². The van der Waals surface area contributed by atoms with Crippen LogP contribution in [-0.2, 0) is 4.79 Å². The molecule has 1 saturated heterocycles. The molecule has 1 aromatic carbocycles. The number of likely N-dealkylation sites (tertiary alicyclic amines) is 1. The average Bonchev–Trinajstić information content (AvgIpc) is 2.81. The summed E-state index contributed by atoms with van der Waals surface area (Å²) in [6.45, 7) is 4.12. The lowest BCUT2D eigenvalue weighted by atomic mass is 10.1. The highest BCUT2D eigenvalue weighted by atomic mass is 16.3. The molecule has 0 radical (unpaired) electrons. The van der Waals surface area contributed by atoms with Gasteiger partial charge in [0.1, 0.15) is 0 Å². The van der Waals surface area contributed by atoms with Crippen molar-refractivity contribution in [1.82, 2.24) is 4.90 Å². The Hall–Kier alpha value is -1.59. The Kier molecular flexibility index (Phi) is 4.39. The zero-order chi connectivity index (χ0) is 13.8. The number of carbonyl (C=O) groups is 1. The van der Waals surface area contributed by atoms with Crippen LogP contribution in [0.15, 0.2) is 18.2 Å². The van der Waals surface area contributed by atoms with Gasteiger partial charge in [-0.15, -0.1) is 0 Å². The first-order valence-electron chi connectivity index (χ1n) is 6.58. The van der Waals surface area contributed by atoms with Gasteiger partial charge in [0, 0.05) is 13.2 Å². The number of hydrogen-bond acceptors (Lipinski definition) is 4. The van der Waals surface area contributed by atoms with Crippen LogP contribution in [0, 0.1) is 12.8 Å². The lowest BCUT2D eigenvalue weighted by Gasteiger charge is -2.16. The number of amides is 1. The van der Waals surface area contributed by atoms with Crippen molar-refractivity contribution in [3.05, 3.63) is 23.8 Å². The molecule has 5 nitrogen and oxygen atoms in total. The van der Waals surface area contributed by atoms with Gasteiger partial charge < -0.3 is 16.2 Å². The van der Waals surface area contributed by atoms with Gasteiger partial charge in [-0.1, -0.05) is 12.1 Å². The summed E-state index contributed by atoms with van der Waals surface area (Å²) >= 11 is 0. The van der Waals surface area contributed by atoms with Crippen LogP contribution in [0.5, 0.6) is 0 Å². The molecule has 104 valence electrons. The first kappa shape index (κ1) is 13.8. The summed E-state index contributed by atoms with van der Waals surface area (Å²) in [7, 11) is 0. The van der Waals surface area contributed by atoms with E-state index in [-0.39, 0.29) is 12.5 Å². The van der Waals surface area contributed by atoms with E-state index in [1.807, 2.05) is 19.1 Å². The third-order valence-corrected chi connectivity index (χ3v) is 3.56. The molecule has 1 fully saturated rings. The summed E-state index contributed by atoms with van der Waals surface area (Å²) in [5.74, 6) is 0.246. The van der Waals surface area contributed by atoms with Gasteiger partial charge in [0.25, 0.3) is 0 Å². The summed E-state index contributed by atoms with van der Waals surface area (Å²) in [5, 5.41) is 12.0. The minimum atomic E-state index is -0.0559. The molecule has 5 heteroatoms. The van der Waals surface area contributed by atoms with E-state index in [0.29, 0.717) is 23.8 Å². The molecule has 2 rings (SSSR count). The number of benzene rings is 1. The number of nitrogens with zero attached hydrogens (tertiary/aromatic N) is 1. The monoisotopic (exact) mass is 263 g/mol. The highest BCUT2D eigenvalue weighted by Crippen LogP contribution is 2.22. The predicted octanol–water partition coefficient (Wildman–Crippen LogP) is 0.830. The first-order valence-corrected chi connectivity index (χ1v) is 6.58. The number of nitrogen functional groups attached to an aromatic ring is 1. The van der Waals surface area contributed by atoms with Crippen LogP contribution in [0.3, 0.4) is 0 Å². The number of hydrogen-bond donors (Lipinski definition) is 3. The van der Waals surface area contributed by atoms with Crippen LogP contribution in [-0.4, -0.2) is 42.2 Å². The van der Waals surface area contributed by atoms with Gasteiger partial charge in [0.15, 0.2) is 0 Å². The molecule has 1 unspecified atom stereocenters. The van der Waals surface area contributed by atoms with Crippen molar-refractivity contribution in [2.45, 2.75) is 13.3 Å². The molecule has 1 atom stereocenters. The van der Waals surface area contributed by atoms with E-state index in [2.05, 4.69) is 10.2 Å². The van der Waals surface area contributed by atoms with Crippen molar-refractivity contribution in [2.75, 3.05) is 37.3 Å². The summed E-state index contributed by atoms with van der Waals surface area (Å²) in [6, 6.07) is 5.57. The van der Waals surface area contributed by atoms with Crippen LogP contribution >= 0.6 is 0 Å². The van der Waals surface area contributed by atoms with Crippen molar-refractivity contribution in [2.24, 2.45) is 5.92 Å². The zero-order valence-corrected chi connectivity index (χ0v) is 11.2. The Bertz CT molecular complexity index is 442. The zero-order valence-electron chi connectivity index (χ0n) is 11.2. The molecule has 1 aromatic rings. The van der Waals surface area contributed by atoms with Crippen molar-refractivity contribution in [3.63, 3.8) is 0 Å². The Morgan fingerprint density at radius 1 is 1.58 bits per heavy atom. The minimum Gasteiger partial charge on any atom is -0.397 e. The standard InChI is InChI=1S/C14H21N3O2/c1-10-3-2-4-12(15)14(10)16-13(19)8-17-6-5-11(7-17)9-18/h2-4,11,18H,5-9,15H2,1H3,(H,16,19). The largest absolute Gasteiger partial charge is 0.397 e. The molecule has 19 heavy (non-hydrogen) atoms. The molecule has 0 saturated carbocycles. The number of para-hydroxylation sites is 1. The number of aryl methyl sites for hydroxylation is 1. The Morgan fingerprint density at radius 2 is 2.37 bits per heavy atom. The lowest BCUT2D eigenvalue weighted by Crippen LogP contribution is -2.32. The highest BCUT2D eigenvalue weighted by molar-refractivity contribution is 5.96. The summed E-state index contributed by atoms with van der Waals surface area (Å²) in [5.41, 5.74) is 8.11. The Labute approximate surface area is 113 Å². The SMILES string of the molecule is Cc1cccc(N)c1NC(=O)CN1CCC(CO)C1. The van der Waals surface area contributed by atoms with E-state index >= 15 is 0 Å². The van der Waals surface area contributed by atoms with Gasteiger partial charge in [0.2, 0.25) is 5.91 Å². The van der Waals surface area contributed by atoms with E-state index in [4.69, 9.17) is 10.8 Å². The van der Waals surface area contributed by atoms with Crippen LogP contribution < -0.4 is 11.1 Å². The van der Waals surface area contributed by atoms with Crippen LogP contribution in [0.4, 0.5) is 11.4 Å². The van der Waals surface area contributed by atoms with Gasteiger partial charge >= 0.3 is 0 Å². The second-order valence-corrected chi connectivity index (χ2v) is 5.16. The number of carbonyl (C=O) groups excluding carboxylic acids is 1. The first-order chi connectivity index (χ1) is 9.10. The lowest BCUT2D eigenvalue weighted by molar-refractivity contribution is -0.117. The van der Waals surface area contributed by atoms with Gasteiger partial charge in [-0.3, -0.25) is 9.69 Å². The quantitative estimate of drug-likeness (QED) is 0.703. The fraction of sp³-hybridized carbons (Fsp3) is 0.500. The second-order valence-electron chi connectivity index (χ2n) is 5.16. The van der Waals surface area contributed by atoms with E-state index in [9.17, 15) is 4.79 Å². The van der Waals surface area contributed by atoms with E-state index < -0.39 is 0 Å². The molecule has 0 aromatic heterocycles. The van der Waals surface area contributed by atoms with Crippen LogP contribution in [0.2, 0.25) is 0 Å². The van der Waals surface area contributed by atoms with E-state index in [1.165, 1.54) is 0 Å². The fourth-order valence-electron chi connectivity index (χ4n) is 2.45. The predicted molar refractivity (Wildman–Crippen MR) is 75.9 cm³/mol. The van der Waals surface area contributed by atoms with E-state index in [0.717, 1.165) is 25.1 Å². The number of aliphatic hydroxyl groups excluding tert-OH is 1. The molecular weight excluding hydrogens is 242 g/mol. The Balaban J connectivity index is 1.91. The molecule has 0 spiro atoms. The summed E-state index contributed by atoms with van der Waals surface area (Å²) in [4.78, 5) is 14.1. The maximum atomic E-state index is 12.0. The molecule has 1 heterocycles. The average molecular weight is 263 g/mol. The summed E-state index contributed by atoms with van der Waals surface area (Å²) in [6.07, 6.45) is 0.955. The second kappa shape index (κ2) is 6.04. The van der Waals surface area contributed by atoms with Gasteiger partial charge in [-0.25, -0.2) is 0 Å².